The Kier molecular flexibility index (Phi) is 7.34. The van der Waals surface area contributed by atoms with Gasteiger partial charge in [-0.25, -0.2) is 0 Å². The topological polar surface area (TPSA) is 18.5 Å². The number of benzene rings is 1. The second-order valence-corrected chi connectivity index (χ2v) is 7.80. The van der Waals surface area contributed by atoms with Gasteiger partial charge in [-0.1, -0.05) is 83.4 Å². The smallest absolute Gasteiger partial charge is 0.164 e. The van der Waals surface area contributed by atoms with Crippen LogP contribution in [-0.4, -0.2) is 18.5 Å². The van der Waals surface area contributed by atoms with E-state index in [0.717, 1.165) is 18.4 Å². The van der Waals surface area contributed by atoms with Crippen molar-refractivity contribution in [3.05, 3.63) is 35.9 Å². The fourth-order valence-electron chi connectivity index (χ4n) is 2.88. The monoisotopic (exact) mass is 328 g/mol. The van der Waals surface area contributed by atoms with Gasteiger partial charge in [-0.3, -0.25) is 0 Å². The Morgan fingerprint density at radius 3 is 2.46 bits per heavy atom. The molecule has 0 saturated carbocycles. The van der Waals surface area contributed by atoms with E-state index in [9.17, 15) is 0 Å². The number of rotatable bonds is 5. The third-order valence-corrected chi connectivity index (χ3v) is 4.32. The van der Waals surface area contributed by atoms with Crippen molar-refractivity contribution < 1.29 is 9.47 Å². The minimum Gasteiger partial charge on any atom is -0.349 e. The summed E-state index contributed by atoms with van der Waals surface area (Å²) in [5, 5.41) is 0. The summed E-state index contributed by atoms with van der Waals surface area (Å²) in [7, 11) is 0. The predicted octanol–water partition coefficient (Wildman–Crippen LogP) is 5.55. The Morgan fingerprint density at radius 2 is 1.79 bits per heavy atom. The fourth-order valence-corrected chi connectivity index (χ4v) is 2.88. The lowest BCUT2D eigenvalue weighted by Gasteiger charge is -2.40. The van der Waals surface area contributed by atoms with E-state index in [1.165, 1.54) is 25.7 Å². The first-order valence-electron chi connectivity index (χ1n) is 9.36. The molecule has 0 unspecified atom stereocenters. The summed E-state index contributed by atoms with van der Waals surface area (Å²) in [5.74, 6) is 6.57. The quantitative estimate of drug-likeness (QED) is 0.521. The highest BCUT2D eigenvalue weighted by Crippen LogP contribution is 2.32. The van der Waals surface area contributed by atoms with Gasteiger partial charge < -0.3 is 9.47 Å². The maximum atomic E-state index is 6.22. The zero-order chi connectivity index (χ0) is 17.4. The van der Waals surface area contributed by atoms with E-state index in [2.05, 4.69) is 39.5 Å². The van der Waals surface area contributed by atoms with E-state index in [-0.39, 0.29) is 23.9 Å². The molecular formula is C22H32O2. The molecule has 0 bridgehead atoms. The molecule has 1 aliphatic heterocycles. The molecule has 0 aliphatic carbocycles. The van der Waals surface area contributed by atoms with Crippen LogP contribution in [0, 0.1) is 17.3 Å². The first kappa shape index (κ1) is 19.0. The molecule has 1 aromatic carbocycles. The summed E-state index contributed by atoms with van der Waals surface area (Å²) in [6.45, 7) is 8.74. The van der Waals surface area contributed by atoms with Crippen LogP contribution < -0.4 is 0 Å². The van der Waals surface area contributed by atoms with Crippen LogP contribution in [0.25, 0.3) is 0 Å². The molecule has 1 aliphatic rings. The molecule has 3 atom stereocenters. The normalized spacial score (nSPS) is 24.2. The van der Waals surface area contributed by atoms with Crippen molar-refractivity contribution in [1.29, 1.82) is 0 Å². The second kappa shape index (κ2) is 9.25. The van der Waals surface area contributed by atoms with Gasteiger partial charge in [0.15, 0.2) is 6.29 Å². The average Bonchev–Trinajstić information content (AvgIpc) is 2.57. The third-order valence-electron chi connectivity index (χ3n) is 4.32. The van der Waals surface area contributed by atoms with Crippen LogP contribution >= 0.6 is 0 Å². The van der Waals surface area contributed by atoms with Crippen molar-refractivity contribution in [2.24, 2.45) is 5.41 Å². The molecule has 24 heavy (non-hydrogen) atoms. The summed E-state index contributed by atoms with van der Waals surface area (Å²) >= 11 is 0. The van der Waals surface area contributed by atoms with Gasteiger partial charge in [0.1, 0.15) is 6.10 Å². The van der Waals surface area contributed by atoms with Gasteiger partial charge in [-0.15, -0.1) is 0 Å². The van der Waals surface area contributed by atoms with Crippen LogP contribution in [0.15, 0.2) is 30.3 Å². The number of hydrogen-bond acceptors (Lipinski definition) is 2. The largest absolute Gasteiger partial charge is 0.349 e. The van der Waals surface area contributed by atoms with E-state index in [1.54, 1.807) is 0 Å². The Morgan fingerprint density at radius 1 is 1.04 bits per heavy atom. The van der Waals surface area contributed by atoms with E-state index >= 15 is 0 Å². The van der Waals surface area contributed by atoms with E-state index in [0.29, 0.717) is 0 Å². The Balaban J connectivity index is 2.00. The average molecular weight is 328 g/mol. The van der Waals surface area contributed by atoms with Gasteiger partial charge in [-0.2, -0.15) is 0 Å². The van der Waals surface area contributed by atoms with Crippen LogP contribution in [-0.2, 0) is 9.47 Å². The van der Waals surface area contributed by atoms with Crippen LogP contribution in [0.5, 0.6) is 0 Å². The molecule has 0 amide bonds. The fraction of sp³-hybridized carbons (Fsp3) is 0.636. The summed E-state index contributed by atoms with van der Waals surface area (Å²) in [6.07, 6.45) is 7.11. The molecule has 0 spiro atoms. The minimum absolute atomic E-state index is 0.0330. The number of unbranched alkanes of at least 4 members (excludes halogenated alkanes) is 3. The standard InChI is InChI=1S/C22H32O2/c1-5-6-7-11-14-19-17-20(24-21(23-19)22(2,3)4)16-15-18-12-9-8-10-13-18/h8-10,12-13,19-21H,5-7,11,14,17H2,1-4H3/t19-,20-,21-/m0/s1. The molecule has 0 radical (unpaired) electrons. The molecule has 0 aromatic heterocycles. The van der Waals surface area contributed by atoms with Crippen molar-refractivity contribution in [2.75, 3.05) is 0 Å². The molecule has 1 fully saturated rings. The Bertz CT molecular complexity index is 533. The summed E-state index contributed by atoms with van der Waals surface area (Å²) in [6, 6.07) is 10.1. The molecule has 132 valence electrons. The summed E-state index contributed by atoms with van der Waals surface area (Å²) in [4.78, 5) is 0. The second-order valence-electron chi connectivity index (χ2n) is 7.80. The molecule has 0 N–H and O–H groups in total. The van der Waals surface area contributed by atoms with Crippen molar-refractivity contribution in [3.8, 4) is 11.8 Å². The van der Waals surface area contributed by atoms with Gasteiger partial charge in [-0.05, 0) is 18.6 Å². The Labute approximate surface area is 147 Å². The van der Waals surface area contributed by atoms with Gasteiger partial charge in [0.05, 0.1) is 6.10 Å². The summed E-state index contributed by atoms with van der Waals surface area (Å²) in [5.41, 5.74) is 1.01. The van der Waals surface area contributed by atoms with Crippen LogP contribution in [0.2, 0.25) is 0 Å². The lowest BCUT2D eigenvalue weighted by atomic mass is 9.93. The highest BCUT2D eigenvalue weighted by Gasteiger charge is 2.36. The number of hydrogen-bond donors (Lipinski definition) is 0. The van der Waals surface area contributed by atoms with E-state index in [1.807, 2.05) is 30.3 Å². The SMILES string of the molecule is CCCCCC[C@H]1C[C@H](C#Cc2ccccc2)O[C@@H](C(C)(C)C)O1. The lowest BCUT2D eigenvalue weighted by Crippen LogP contribution is -2.44. The highest BCUT2D eigenvalue weighted by molar-refractivity contribution is 5.34. The Hall–Kier alpha value is -1.30. The maximum Gasteiger partial charge on any atom is 0.164 e. The minimum atomic E-state index is -0.183. The van der Waals surface area contributed by atoms with E-state index < -0.39 is 0 Å². The van der Waals surface area contributed by atoms with Gasteiger partial charge >= 0.3 is 0 Å². The first-order chi connectivity index (χ1) is 11.5. The number of ether oxygens (including phenoxy) is 2. The van der Waals surface area contributed by atoms with Gasteiger partial charge in [0.2, 0.25) is 0 Å². The summed E-state index contributed by atoms with van der Waals surface area (Å²) < 4.78 is 12.4. The zero-order valence-electron chi connectivity index (χ0n) is 15.7. The van der Waals surface area contributed by atoms with E-state index in [4.69, 9.17) is 9.47 Å². The van der Waals surface area contributed by atoms with Crippen molar-refractivity contribution in [1.82, 2.24) is 0 Å². The predicted molar refractivity (Wildman–Crippen MR) is 99.7 cm³/mol. The maximum absolute atomic E-state index is 6.22. The lowest BCUT2D eigenvalue weighted by molar-refractivity contribution is -0.268. The van der Waals surface area contributed by atoms with Crippen LogP contribution in [0.1, 0.15) is 71.8 Å². The van der Waals surface area contributed by atoms with Gasteiger partial charge in [0.25, 0.3) is 0 Å². The third kappa shape index (κ3) is 6.30. The zero-order valence-corrected chi connectivity index (χ0v) is 15.7. The molecule has 1 aromatic rings. The van der Waals surface area contributed by atoms with Crippen LogP contribution in [0.4, 0.5) is 0 Å². The molecular weight excluding hydrogens is 296 g/mol. The molecule has 1 saturated heterocycles. The molecule has 2 heteroatoms. The molecule has 2 nitrogen and oxygen atoms in total. The highest BCUT2D eigenvalue weighted by atomic mass is 16.7. The van der Waals surface area contributed by atoms with Crippen LogP contribution in [0.3, 0.4) is 0 Å². The molecule has 2 rings (SSSR count). The van der Waals surface area contributed by atoms with Gasteiger partial charge in [0, 0.05) is 17.4 Å². The van der Waals surface area contributed by atoms with Crippen molar-refractivity contribution in [3.63, 3.8) is 0 Å². The van der Waals surface area contributed by atoms with Crippen molar-refractivity contribution in [2.45, 2.75) is 84.7 Å². The molecule has 1 heterocycles. The van der Waals surface area contributed by atoms with Crippen molar-refractivity contribution >= 4 is 0 Å². The first-order valence-corrected chi connectivity index (χ1v) is 9.36.